The van der Waals surface area contributed by atoms with Crippen LogP contribution >= 0.6 is 0 Å². The standard InChI is InChI=1S/C8H10BF3NO.K/c1-6(2)14-8-7(9(10,11)12)4-3-5-13-8;/h3-6H,1-2H3;/q-1;+1. The molecule has 0 N–H and O–H groups in total. The summed E-state index contributed by atoms with van der Waals surface area (Å²) in [5.74, 6) is -0.338. The second-order valence-electron chi connectivity index (χ2n) is 3.14. The van der Waals surface area contributed by atoms with E-state index >= 15 is 0 Å². The molecule has 0 unspecified atom stereocenters. The van der Waals surface area contributed by atoms with Crippen LogP contribution in [0.4, 0.5) is 12.9 Å². The van der Waals surface area contributed by atoms with Gasteiger partial charge in [0.05, 0.1) is 6.10 Å². The quantitative estimate of drug-likeness (QED) is 0.630. The third-order valence-electron chi connectivity index (χ3n) is 1.50. The minimum Gasteiger partial charge on any atom is -0.477 e. The maximum atomic E-state index is 12.4. The Hall–Kier alpha value is 0.441. The van der Waals surface area contributed by atoms with E-state index in [-0.39, 0.29) is 63.4 Å². The summed E-state index contributed by atoms with van der Waals surface area (Å²) in [6.07, 6.45) is 0.963. The van der Waals surface area contributed by atoms with Crippen LogP contribution in [0.2, 0.25) is 0 Å². The number of hydrogen-bond donors (Lipinski definition) is 0. The van der Waals surface area contributed by atoms with Crippen LogP contribution in [0.15, 0.2) is 18.3 Å². The summed E-state index contributed by atoms with van der Waals surface area (Å²) in [6, 6.07) is 2.22. The number of rotatable bonds is 3. The van der Waals surface area contributed by atoms with Crippen molar-refractivity contribution < 1.29 is 69.1 Å². The molecule has 15 heavy (non-hydrogen) atoms. The first-order chi connectivity index (χ1) is 6.41. The Morgan fingerprint density at radius 1 is 1.33 bits per heavy atom. The van der Waals surface area contributed by atoms with Crippen LogP contribution < -0.4 is 61.6 Å². The number of pyridine rings is 1. The van der Waals surface area contributed by atoms with Gasteiger partial charge in [-0.15, -0.1) is 0 Å². The van der Waals surface area contributed by atoms with Crippen LogP contribution in [-0.2, 0) is 0 Å². The van der Waals surface area contributed by atoms with E-state index in [1.165, 1.54) is 12.3 Å². The fourth-order valence-corrected chi connectivity index (χ4v) is 0.974. The summed E-state index contributed by atoms with van der Waals surface area (Å²) in [5.41, 5.74) is -0.777. The molecule has 1 aromatic heterocycles. The molecule has 0 bridgehead atoms. The molecule has 0 aliphatic heterocycles. The van der Waals surface area contributed by atoms with E-state index in [1.54, 1.807) is 13.8 Å². The van der Waals surface area contributed by atoms with Crippen molar-refractivity contribution in [3.05, 3.63) is 18.3 Å². The third kappa shape index (κ3) is 4.86. The van der Waals surface area contributed by atoms with Gasteiger partial charge in [-0.05, 0) is 25.4 Å². The van der Waals surface area contributed by atoms with Crippen molar-refractivity contribution in [1.82, 2.24) is 4.98 Å². The molecule has 78 valence electrons. The number of nitrogens with zero attached hydrogens (tertiary/aromatic N) is 1. The number of aromatic nitrogens is 1. The summed E-state index contributed by atoms with van der Waals surface area (Å²) in [6.45, 7) is -1.75. The first kappa shape index (κ1) is 15.4. The fourth-order valence-electron chi connectivity index (χ4n) is 0.974. The molecule has 0 radical (unpaired) electrons. The molecule has 0 amide bonds. The topological polar surface area (TPSA) is 22.1 Å². The van der Waals surface area contributed by atoms with Gasteiger partial charge >= 0.3 is 58.4 Å². The Labute approximate surface area is 129 Å². The van der Waals surface area contributed by atoms with E-state index < -0.39 is 12.4 Å². The van der Waals surface area contributed by atoms with E-state index in [9.17, 15) is 12.9 Å². The zero-order valence-corrected chi connectivity index (χ0v) is 12.0. The Morgan fingerprint density at radius 3 is 2.40 bits per heavy atom. The van der Waals surface area contributed by atoms with Gasteiger partial charge in [0.15, 0.2) is 5.88 Å². The van der Waals surface area contributed by atoms with Gasteiger partial charge in [0, 0.05) is 6.20 Å². The van der Waals surface area contributed by atoms with E-state index in [0.717, 1.165) is 6.07 Å². The van der Waals surface area contributed by atoms with E-state index in [4.69, 9.17) is 4.74 Å². The molecule has 0 saturated heterocycles. The number of halogens is 3. The molecule has 2 nitrogen and oxygen atoms in total. The summed E-state index contributed by atoms with van der Waals surface area (Å²) in [5, 5.41) is 0. The average molecular weight is 243 g/mol. The molecule has 7 heteroatoms. The normalized spacial score (nSPS) is 11.1. The molecule has 0 fully saturated rings. The molecular formula is C8H10BF3KNO. The molecule has 1 aromatic rings. The maximum Gasteiger partial charge on any atom is 1.00 e. The van der Waals surface area contributed by atoms with Crippen LogP contribution in [0.3, 0.4) is 0 Å². The van der Waals surface area contributed by atoms with Crippen molar-refractivity contribution in [2.75, 3.05) is 0 Å². The zero-order chi connectivity index (χ0) is 10.8. The van der Waals surface area contributed by atoms with Crippen molar-refractivity contribution in [3.8, 4) is 5.88 Å². The van der Waals surface area contributed by atoms with Crippen molar-refractivity contribution >= 4 is 12.4 Å². The van der Waals surface area contributed by atoms with E-state index in [0.29, 0.717) is 0 Å². The van der Waals surface area contributed by atoms with Gasteiger partial charge in [-0.2, -0.15) is 0 Å². The number of hydrogen-bond acceptors (Lipinski definition) is 2. The van der Waals surface area contributed by atoms with Gasteiger partial charge < -0.3 is 17.7 Å². The van der Waals surface area contributed by atoms with Crippen LogP contribution in [0, 0.1) is 0 Å². The average Bonchev–Trinajstić information content (AvgIpc) is 2.01. The molecule has 0 aromatic carbocycles. The second kappa shape index (κ2) is 6.24. The minimum absolute atomic E-state index is 0. The summed E-state index contributed by atoms with van der Waals surface area (Å²) >= 11 is 0. The summed E-state index contributed by atoms with van der Waals surface area (Å²) in [7, 11) is 0. The van der Waals surface area contributed by atoms with Crippen molar-refractivity contribution in [1.29, 1.82) is 0 Å². The van der Waals surface area contributed by atoms with Gasteiger partial charge in [0.25, 0.3) is 0 Å². The first-order valence-corrected chi connectivity index (χ1v) is 4.23. The van der Waals surface area contributed by atoms with Crippen LogP contribution in [0.5, 0.6) is 5.88 Å². The Bertz CT molecular complexity index is 319. The predicted molar refractivity (Wildman–Crippen MR) is 48.7 cm³/mol. The van der Waals surface area contributed by atoms with Crippen LogP contribution in [-0.4, -0.2) is 18.1 Å². The van der Waals surface area contributed by atoms with Crippen molar-refractivity contribution in [3.63, 3.8) is 0 Å². The fraction of sp³-hybridized carbons (Fsp3) is 0.375. The second-order valence-corrected chi connectivity index (χ2v) is 3.14. The molecule has 0 spiro atoms. The minimum atomic E-state index is -5.05. The molecular weight excluding hydrogens is 233 g/mol. The molecule has 0 atom stereocenters. The van der Waals surface area contributed by atoms with Crippen LogP contribution in [0.1, 0.15) is 13.8 Å². The van der Waals surface area contributed by atoms with Crippen LogP contribution in [0.25, 0.3) is 0 Å². The molecule has 0 saturated carbocycles. The predicted octanol–water partition coefficient (Wildman–Crippen LogP) is -1.07. The maximum absolute atomic E-state index is 12.4. The van der Waals surface area contributed by atoms with Gasteiger partial charge in [-0.1, -0.05) is 6.07 Å². The Morgan fingerprint density at radius 2 is 1.93 bits per heavy atom. The first-order valence-electron chi connectivity index (χ1n) is 4.23. The van der Waals surface area contributed by atoms with Gasteiger partial charge in [0.1, 0.15) is 0 Å². The van der Waals surface area contributed by atoms with Crippen molar-refractivity contribution in [2.45, 2.75) is 20.0 Å². The number of ether oxygens (including phenoxy) is 1. The molecule has 0 aliphatic carbocycles. The molecule has 0 aliphatic rings. The van der Waals surface area contributed by atoms with Crippen molar-refractivity contribution in [2.24, 2.45) is 0 Å². The smallest absolute Gasteiger partial charge is 0.477 e. The third-order valence-corrected chi connectivity index (χ3v) is 1.50. The molecule has 1 heterocycles. The SMILES string of the molecule is CC(C)Oc1ncccc1[B-](F)(F)F.[K+]. The largest absolute Gasteiger partial charge is 1.00 e. The summed E-state index contributed by atoms with van der Waals surface area (Å²) < 4.78 is 42.3. The molecule has 1 rings (SSSR count). The van der Waals surface area contributed by atoms with E-state index in [1.807, 2.05) is 0 Å². The van der Waals surface area contributed by atoms with Gasteiger partial charge in [-0.25, -0.2) is 4.98 Å². The van der Waals surface area contributed by atoms with Gasteiger partial charge in [-0.3, -0.25) is 0 Å². The monoisotopic (exact) mass is 243 g/mol. The zero-order valence-electron chi connectivity index (χ0n) is 8.88. The van der Waals surface area contributed by atoms with Gasteiger partial charge in [0.2, 0.25) is 0 Å². The summed E-state index contributed by atoms with van der Waals surface area (Å²) in [4.78, 5) is 3.56. The Kier molecular flexibility index (Phi) is 6.43. The van der Waals surface area contributed by atoms with E-state index in [2.05, 4.69) is 4.98 Å². The Balaban J connectivity index is 0.00000196.